The van der Waals surface area contributed by atoms with E-state index in [9.17, 15) is 4.79 Å². The number of nitrogens with zero attached hydrogens (tertiary/aromatic N) is 4. The molecule has 5 rings (SSSR count). The number of rotatable bonds is 6. The van der Waals surface area contributed by atoms with Crippen molar-refractivity contribution in [3.8, 4) is 0 Å². The van der Waals surface area contributed by atoms with Gasteiger partial charge in [0.15, 0.2) is 0 Å². The number of hydrogen-bond acceptors (Lipinski definition) is 4. The van der Waals surface area contributed by atoms with E-state index in [2.05, 4.69) is 44.6 Å². The Balaban J connectivity index is 1.20. The van der Waals surface area contributed by atoms with Crippen LogP contribution in [0.3, 0.4) is 0 Å². The molecule has 3 heterocycles. The molecule has 1 N–H and O–H groups in total. The first-order valence-corrected chi connectivity index (χ1v) is 11.2. The average Bonchev–Trinajstić information content (AvgIpc) is 3.28. The van der Waals surface area contributed by atoms with Gasteiger partial charge in [0, 0.05) is 43.5 Å². The molecule has 0 spiro atoms. The Morgan fingerprint density at radius 3 is 2.66 bits per heavy atom. The van der Waals surface area contributed by atoms with Crippen LogP contribution in [0.25, 0.3) is 10.8 Å². The second kappa shape index (κ2) is 9.32. The zero-order valence-corrected chi connectivity index (χ0v) is 18.0. The van der Waals surface area contributed by atoms with Crippen molar-refractivity contribution in [1.29, 1.82) is 0 Å². The molecule has 4 aromatic rings. The summed E-state index contributed by atoms with van der Waals surface area (Å²) in [5.74, 6) is 0.770. The summed E-state index contributed by atoms with van der Waals surface area (Å²) >= 11 is 0. The first-order chi connectivity index (χ1) is 15.8. The SMILES string of the molecule is O=C(Cc1ccccc1)Nc1ccnn1C1CCN(Cc2cccc3cnccc23)CC1. The van der Waals surface area contributed by atoms with Crippen LogP contribution < -0.4 is 5.32 Å². The molecule has 2 aromatic carbocycles. The van der Waals surface area contributed by atoms with Crippen molar-refractivity contribution in [2.24, 2.45) is 0 Å². The van der Waals surface area contributed by atoms with Crippen molar-refractivity contribution in [2.45, 2.75) is 31.8 Å². The van der Waals surface area contributed by atoms with E-state index < -0.39 is 0 Å². The molecule has 1 fully saturated rings. The topological polar surface area (TPSA) is 63.1 Å². The van der Waals surface area contributed by atoms with Crippen LogP contribution in [0.5, 0.6) is 0 Å². The molecule has 162 valence electrons. The van der Waals surface area contributed by atoms with Crippen molar-refractivity contribution in [3.05, 3.63) is 90.4 Å². The first kappa shape index (κ1) is 20.4. The third-order valence-corrected chi connectivity index (χ3v) is 6.21. The van der Waals surface area contributed by atoms with Gasteiger partial charge in [-0.05, 0) is 35.4 Å². The number of hydrogen-bond donors (Lipinski definition) is 1. The van der Waals surface area contributed by atoms with Gasteiger partial charge in [0.05, 0.1) is 18.7 Å². The van der Waals surface area contributed by atoms with Crippen LogP contribution in [0.2, 0.25) is 0 Å². The molecule has 2 aromatic heterocycles. The Hall–Kier alpha value is -3.51. The molecule has 0 saturated carbocycles. The van der Waals surface area contributed by atoms with Gasteiger partial charge in [-0.15, -0.1) is 0 Å². The number of benzene rings is 2. The molecule has 0 radical (unpaired) electrons. The summed E-state index contributed by atoms with van der Waals surface area (Å²) in [5.41, 5.74) is 2.35. The van der Waals surface area contributed by atoms with Gasteiger partial charge in [-0.3, -0.25) is 14.7 Å². The number of pyridine rings is 1. The molecule has 1 amide bonds. The minimum atomic E-state index is -0.0131. The fraction of sp³-hybridized carbons (Fsp3) is 0.269. The number of piperidine rings is 1. The molecule has 0 bridgehead atoms. The van der Waals surface area contributed by atoms with E-state index >= 15 is 0 Å². The van der Waals surface area contributed by atoms with Gasteiger partial charge in [-0.2, -0.15) is 5.10 Å². The molecule has 0 unspecified atom stereocenters. The fourth-order valence-electron chi connectivity index (χ4n) is 4.56. The lowest BCUT2D eigenvalue weighted by Crippen LogP contribution is -2.35. The van der Waals surface area contributed by atoms with Gasteiger partial charge in [0.2, 0.25) is 5.91 Å². The maximum Gasteiger partial charge on any atom is 0.229 e. The highest BCUT2D eigenvalue weighted by molar-refractivity contribution is 5.91. The largest absolute Gasteiger partial charge is 0.311 e. The van der Waals surface area contributed by atoms with Gasteiger partial charge in [0.25, 0.3) is 0 Å². The second-order valence-corrected chi connectivity index (χ2v) is 8.39. The van der Waals surface area contributed by atoms with Gasteiger partial charge in [0.1, 0.15) is 5.82 Å². The van der Waals surface area contributed by atoms with Gasteiger partial charge in [-0.1, -0.05) is 48.5 Å². The number of likely N-dealkylation sites (tertiary alicyclic amines) is 1. The summed E-state index contributed by atoms with van der Waals surface area (Å²) in [6.45, 7) is 2.95. The number of nitrogens with one attached hydrogen (secondary N) is 1. The Kier molecular flexibility index (Phi) is 5.94. The van der Waals surface area contributed by atoms with Crippen LogP contribution in [-0.2, 0) is 17.8 Å². The number of aromatic nitrogens is 3. The van der Waals surface area contributed by atoms with Crippen LogP contribution in [0.1, 0.15) is 30.0 Å². The standard InChI is InChI=1S/C26H27N5O/c32-26(17-20-5-2-1-3-6-20)29-25-10-14-28-31(25)23-11-15-30(16-12-23)19-22-8-4-7-21-18-27-13-9-24(21)22/h1-10,13-14,18,23H,11-12,15-17,19H2,(H,29,32). The molecule has 1 aliphatic heterocycles. The van der Waals surface area contributed by atoms with Crippen molar-refractivity contribution in [1.82, 2.24) is 19.7 Å². The lowest BCUT2D eigenvalue weighted by molar-refractivity contribution is -0.115. The number of amides is 1. The summed E-state index contributed by atoms with van der Waals surface area (Å²) in [6.07, 6.45) is 7.95. The number of fused-ring (bicyclic) bond motifs is 1. The second-order valence-electron chi connectivity index (χ2n) is 8.39. The molecule has 1 saturated heterocycles. The van der Waals surface area contributed by atoms with E-state index in [1.165, 1.54) is 16.3 Å². The van der Waals surface area contributed by atoms with Crippen molar-refractivity contribution >= 4 is 22.5 Å². The number of carbonyl (C=O) groups is 1. The summed E-state index contributed by atoms with van der Waals surface area (Å²) in [5, 5.41) is 10.0. The lowest BCUT2D eigenvalue weighted by Gasteiger charge is -2.33. The Labute approximate surface area is 187 Å². The monoisotopic (exact) mass is 425 g/mol. The molecule has 6 heteroatoms. The Morgan fingerprint density at radius 1 is 0.969 bits per heavy atom. The minimum Gasteiger partial charge on any atom is -0.311 e. The third-order valence-electron chi connectivity index (χ3n) is 6.21. The zero-order chi connectivity index (χ0) is 21.8. The lowest BCUT2D eigenvalue weighted by atomic mass is 10.0. The van der Waals surface area contributed by atoms with Crippen LogP contribution in [0, 0.1) is 0 Å². The molecular weight excluding hydrogens is 398 g/mol. The average molecular weight is 426 g/mol. The van der Waals surface area contributed by atoms with Crippen LogP contribution in [0.4, 0.5) is 5.82 Å². The van der Waals surface area contributed by atoms with E-state index in [-0.39, 0.29) is 5.91 Å². The third kappa shape index (κ3) is 4.55. The minimum absolute atomic E-state index is 0.0131. The van der Waals surface area contributed by atoms with E-state index in [1.54, 1.807) is 6.20 Å². The van der Waals surface area contributed by atoms with E-state index in [4.69, 9.17) is 0 Å². The van der Waals surface area contributed by atoms with E-state index in [0.29, 0.717) is 12.5 Å². The summed E-state index contributed by atoms with van der Waals surface area (Å²) < 4.78 is 1.99. The summed E-state index contributed by atoms with van der Waals surface area (Å²) in [7, 11) is 0. The summed E-state index contributed by atoms with van der Waals surface area (Å²) in [4.78, 5) is 19.3. The molecule has 0 aliphatic carbocycles. The highest BCUT2D eigenvalue weighted by Crippen LogP contribution is 2.27. The Morgan fingerprint density at radius 2 is 1.81 bits per heavy atom. The molecule has 6 nitrogen and oxygen atoms in total. The number of anilines is 1. The maximum absolute atomic E-state index is 12.5. The molecule has 32 heavy (non-hydrogen) atoms. The van der Waals surface area contributed by atoms with E-state index in [1.807, 2.05) is 53.5 Å². The molecule has 0 atom stereocenters. The van der Waals surface area contributed by atoms with Crippen molar-refractivity contribution < 1.29 is 4.79 Å². The number of carbonyl (C=O) groups excluding carboxylic acids is 1. The van der Waals surface area contributed by atoms with Gasteiger partial charge >= 0.3 is 0 Å². The molecular formula is C26H27N5O. The van der Waals surface area contributed by atoms with Gasteiger partial charge in [-0.25, -0.2) is 4.68 Å². The smallest absolute Gasteiger partial charge is 0.229 e. The predicted octanol–water partition coefficient (Wildman–Crippen LogP) is 4.45. The predicted molar refractivity (Wildman–Crippen MR) is 126 cm³/mol. The fourth-order valence-corrected chi connectivity index (χ4v) is 4.56. The molecule has 1 aliphatic rings. The highest BCUT2D eigenvalue weighted by atomic mass is 16.1. The van der Waals surface area contributed by atoms with Crippen LogP contribution >= 0.6 is 0 Å². The highest BCUT2D eigenvalue weighted by Gasteiger charge is 2.23. The van der Waals surface area contributed by atoms with E-state index in [0.717, 1.165) is 43.9 Å². The maximum atomic E-state index is 12.5. The first-order valence-electron chi connectivity index (χ1n) is 11.2. The Bertz CT molecular complexity index is 1190. The van der Waals surface area contributed by atoms with Crippen molar-refractivity contribution in [3.63, 3.8) is 0 Å². The zero-order valence-electron chi connectivity index (χ0n) is 18.0. The normalized spacial score (nSPS) is 15.1. The summed E-state index contributed by atoms with van der Waals surface area (Å²) in [6, 6.07) is 20.5. The quantitative estimate of drug-likeness (QED) is 0.496. The van der Waals surface area contributed by atoms with Crippen molar-refractivity contribution in [2.75, 3.05) is 18.4 Å². The van der Waals surface area contributed by atoms with Gasteiger partial charge < -0.3 is 5.32 Å². The van der Waals surface area contributed by atoms with Crippen LogP contribution in [-0.4, -0.2) is 38.7 Å². The van der Waals surface area contributed by atoms with Crippen LogP contribution in [0.15, 0.2) is 79.3 Å².